The third-order valence-electron chi connectivity index (χ3n) is 4.09. The number of anilines is 2. The molecule has 0 saturated carbocycles. The minimum Gasteiger partial charge on any atom is -0.494 e. The van der Waals surface area contributed by atoms with Gasteiger partial charge < -0.3 is 10.1 Å². The van der Waals surface area contributed by atoms with Gasteiger partial charge in [0.15, 0.2) is 0 Å². The molecule has 3 aromatic rings. The fraction of sp³-hybridized carbons (Fsp3) is 0.136. The van der Waals surface area contributed by atoms with Crippen LogP contribution in [0.15, 0.2) is 83.8 Å². The molecule has 0 unspecified atom stereocenters. The number of benzene rings is 3. The Morgan fingerprint density at radius 3 is 2.33 bits per heavy atom. The molecule has 6 nitrogen and oxygen atoms in total. The second kappa shape index (κ2) is 10.1. The van der Waals surface area contributed by atoms with Crippen molar-refractivity contribution in [1.29, 1.82) is 0 Å². The lowest BCUT2D eigenvalue weighted by Crippen LogP contribution is -2.14. The summed E-state index contributed by atoms with van der Waals surface area (Å²) in [7, 11) is -3.76. The highest BCUT2D eigenvalue weighted by Gasteiger charge is 2.14. The van der Waals surface area contributed by atoms with E-state index in [0.717, 1.165) is 5.75 Å². The number of sulfonamides is 1. The highest BCUT2D eigenvalue weighted by Crippen LogP contribution is 2.21. The molecule has 156 valence electrons. The number of hydrogen-bond donors (Lipinski definition) is 2. The quantitative estimate of drug-likeness (QED) is 0.458. The Morgan fingerprint density at radius 2 is 1.63 bits per heavy atom. The number of hydrogen-bond acceptors (Lipinski definition) is 4. The second-order valence-corrected chi connectivity index (χ2v) is 8.57. The van der Waals surface area contributed by atoms with Crippen molar-refractivity contribution in [2.75, 3.05) is 16.6 Å². The van der Waals surface area contributed by atoms with Gasteiger partial charge in [-0.25, -0.2) is 8.42 Å². The van der Waals surface area contributed by atoms with Gasteiger partial charge in [0.1, 0.15) is 5.75 Å². The van der Waals surface area contributed by atoms with Crippen molar-refractivity contribution in [3.8, 4) is 5.75 Å². The smallest absolute Gasteiger partial charge is 0.261 e. The zero-order chi connectivity index (χ0) is 21.4. The molecule has 0 heterocycles. The lowest BCUT2D eigenvalue weighted by atomic mass is 10.2. The molecule has 0 radical (unpaired) electrons. The van der Waals surface area contributed by atoms with Crippen LogP contribution in [0.1, 0.15) is 12.8 Å². The molecule has 0 aliphatic rings. The van der Waals surface area contributed by atoms with Crippen LogP contribution in [-0.2, 0) is 14.8 Å². The molecule has 0 spiro atoms. The lowest BCUT2D eigenvalue weighted by molar-refractivity contribution is -0.116. The number of amides is 1. The van der Waals surface area contributed by atoms with Crippen LogP contribution in [0.5, 0.6) is 5.75 Å². The predicted molar refractivity (Wildman–Crippen MR) is 119 cm³/mol. The average molecular weight is 445 g/mol. The summed E-state index contributed by atoms with van der Waals surface area (Å²) >= 11 is 5.88. The standard InChI is InChI=1S/C22H21ClN2O4S/c23-17-6-4-7-19(16-17)25-30(27,28)21-13-11-18(12-14-21)24-22(26)10-5-15-29-20-8-2-1-3-9-20/h1-4,6-9,11-14,16,25H,5,10,15H2,(H,24,26). The fourth-order valence-corrected chi connectivity index (χ4v) is 3.89. The minimum absolute atomic E-state index is 0.0803. The number of rotatable bonds is 9. The topological polar surface area (TPSA) is 84.5 Å². The molecule has 0 aliphatic heterocycles. The Balaban J connectivity index is 1.49. The summed E-state index contributed by atoms with van der Waals surface area (Å²) in [4.78, 5) is 12.1. The van der Waals surface area contributed by atoms with Crippen LogP contribution in [0.2, 0.25) is 5.02 Å². The van der Waals surface area contributed by atoms with Crippen LogP contribution in [-0.4, -0.2) is 20.9 Å². The molecule has 0 aliphatic carbocycles. The van der Waals surface area contributed by atoms with Gasteiger partial charge >= 0.3 is 0 Å². The minimum atomic E-state index is -3.76. The highest BCUT2D eigenvalue weighted by molar-refractivity contribution is 7.92. The first-order chi connectivity index (χ1) is 14.4. The van der Waals surface area contributed by atoms with E-state index in [9.17, 15) is 13.2 Å². The van der Waals surface area contributed by atoms with Gasteiger partial charge in [-0.2, -0.15) is 0 Å². The van der Waals surface area contributed by atoms with Crippen molar-refractivity contribution in [2.45, 2.75) is 17.7 Å². The first-order valence-electron chi connectivity index (χ1n) is 9.28. The molecule has 0 atom stereocenters. The molecule has 0 bridgehead atoms. The van der Waals surface area contributed by atoms with E-state index >= 15 is 0 Å². The van der Waals surface area contributed by atoms with E-state index in [1.165, 1.54) is 18.2 Å². The number of halogens is 1. The van der Waals surface area contributed by atoms with Crippen molar-refractivity contribution < 1.29 is 17.9 Å². The van der Waals surface area contributed by atoms with Crippen molar-refractivity contribution in [3.63, 3.8) is 0 Å². The molecule has 3 aromatic carbocycles. The summed E-state index contributed by atoms with van der Waals surface area (Å²) in [6, 6.07) is 21.8. The van der Waals surface area contributed by atoms with Gasteiger partial charge in [-0.1, -0.05) is 35.9 Å². The zero-order valence-corrected chi connectivity index (χ0v) is 17.6. The molecule has 0 saturated heterocycles. The van der Waals surface area contributed by atoms with Gasteiger partial charge in [0.05, 0.1) is 17.2 Å². The zero-order valence-electron chi connectivity index (χ0n) is 16.0. The molecule has 0 aromatic heterocycles. The number of carbonyl (C=O) groups excluding carboxylic acids is 1. The Bertz CT molecular complexity index is 1090. The normalized spacial score (nSPS) is 11.0. The number of carbonyl (C=O) groups is 1. The van der Waals surface area contributed by atoms with Gasteiger partial charge in [0, 0.05) is 17.1 Å². The van der Waals surface area contributed by atoms with E-state index in [4.69, 9.17) is 16.3 Å². The maximum absolute atomic E-state index is 12.5. The first kappa shape index (κ1) is 21.7. The molecule has 1 amide bonds. The summed E-state index contributed by atoms with van der Waals surface area (Å²) < 4.78 is 33.0. The Morgan fingerprint density at radius 1 is 0.900 bits per heavy atom. The van der Waals surface area contributed by atoms with Gasteiger partial charge in [0.2, 0.25) is 5.91 Å². The van der Waals surface area contributed by atoms with E-state index in [-0.39, 0.29) is 10.8 Å². The highest BCUT2D eigenvalue weighted by atomic mass is 35.5. The van der Waals surface area contributed by atoms with E-state index < -0.39 is 10.0 Å². The summed E-state index contributed by atoms with van der Waals surface area (Å²) in [5.41, 5.74) is 0.892. The van der Waals surface area contributed by atoms with Gasteiger partial charge in [-0.3, -0.25) is 9.52 Å². The molecular weight excluding hydrogens is 424 g/mol. The van der Waals surface area contributed by atoms with Crippen LogP contribution in [0.25, 0.3) is 0 Å². The fourth-order valence-electron chi connectivity index (χ4n) is 2.65. The van der Waals surface area contributed by atoms with Gasteiger partial charge in [-0.05, 0) is 61.0 Å². The molecule has 3 rings (SSSR count). The van der Waals surface area contributed by atoms with Crippen molar-refractivity contribution in [2.24, 2.45) is 0 Å². The van der Waals surface area contributed by atoms with Crippen molar-refractivity contribution >= 4 is 38.9 Å². The largest absolute Gasteiger partial charge is 0.494 e. The Labute approximate surface area is 180 Å². The monoisotopic (exact) mass is 444 g/mol. The molecule has 30 heavy (non-hydrogen) atoms. The SMILES string of the molecule is O=C(CCCOc1ccccc1)Nc1ccc(S(=O)(=O)Nc2cccc(Cl)c2)cc1. The van der Waals surface area contributed by atoms with E-state index in [0.29, 0.717) is 35.8 Å². The van der Waals surface area contributed by atoms with E-state index in [1.807, 2.05) is 30.3 Å². The van der Waals surface area contributed by atoms with E-state index in [1.54, 1.807) is 30.3 Å². The maximum atomic E-state index is 12.5. The van der Waals surface area contributed by atoms with Crippen molar-refractivity contribution in [3.05, 3.63) is 83.9 Å². The van der Waals surface area contributed by atoms with E-state index in [2.05, 4.69) is 10.0 Å². The van der Waals surface area contributed by atoms with Crippen LogP contribution in [0.3, 0.4) is 0 Å². The molecule has 0 fully saturated rings. The molecule has 8 heteroatoms. The third kappa shape index (κ3) is 6.50. The molecular formula is C22H21ClN2O4S. The summed E-state index contributed by atoms with van der Waals surface area (Å²) in [6.45, 7) is 0.434. The van der Waals surface area contributed by atoms with Crippen LogP contribution < -0.4 is 14.8 Å². The third-order valence-corrected chi connectivity index (χ3v) is 5.72. The predicted octanol–water partition coefficient (Wildman–Crippen LogP) is 4.94. The molecule has 2 N–H and O–H groups in total. The number of ether oxygens (including phenoxy) is 1. The summed E-state index contributed by atoms with van der Waals surface area (Å²) in [6.07, 6.45) is 0.861. The van der Waals surface area contributed by atoms with Gasteiger partial charge in [0.25, 0.3) is 10.0 Å². The second-order valence-electron chi connectivity index (χ2n) is 6.45. The lowest BCUT2D eigenvalue weighted by Gasteiger charge is -2.10. The van der Waals surface area contributed by atoms with Crippen LogP contribution in [0, 0.1) is 0 Å². The van der Waals surface area contributed by atoms with Crippen LogP contribution >= 0.6 is 11.6 Å². The Hall–Kier alpha value is -3.03. The van der Waals surface area contributed by atoms with Crippen LogP contribution in [0.4, 0.5) is 11.4 Å². The number of nitrogens with one attached hydrogen (secondary N) is 2. The van der Waals surface area contributed by atoms with Gasteiger partial charge in [-0.15, -0.1) is 0 Å². The first-order valence-corrected chi connectivity index (χ1v) is 11.1. The van der Waals surface area contributed by atoms with Crippen molar-refractivity contribution in [1.82, 2.24) is 0 Å². The Kier molecular flexibility index (Phi) is 7.32. The number of para-hydroxylation sites is 1. The average Bonchev–Trinajstić information content (AvgIpc) is 2.72. The summed E-state index contributed by atoms with van der Waals surface area (Å²) in [5.74, 6) is 0.598. The maximum Gasteiger partial charge on any atom is 0.261 e. The summed E-state index contributed by atoms with van der Waals surface area (Å²) in [5, 5.41) is 3.18.